The molecule has 0 aliphatic carbocycles. The number of rotatable bonds is 6. The first-order valence-electron chi connectivity index (χ1n) is 3.75. The lowest BCUT2D eigenvalue weighted by Gasteiger charge is -1.96. The second-order valence-electron chi connectivity index (χ2n) is 2.00. The number of hydrogen-bond acceptors (Lipinski definition) is 2. The van der Waals surface area contributed by atoms with E-state index in [1.165, 1.54) is 0 Å². The molecule has 0 aromatic heterocycles. The van der Waals surface area contributed by atoms with Crippen molar-refractivity contribution >= 4 is 0 Å². The fourth-order valence-electron chi connectivity index (χ4n) is 0.603. The van der Waals surface area contributed by atoms with Gasteiger partial charge in [-0.25, -0.2) is 0 Å². The molecular formula is C8H16O2. The molecule has 0 unspecified atom stereocenters. The fourth-order valence-corrected chi connectivity index (χ4v) is 0.603. The van der Waals surface area contributed by atoms with Crippen LogP contribution in [0, 0.1) is 0 Å². The highest BCUT2D eigenvalue weighted by Gasteiger charge is 1.81. The molecule has 0 aromatic rings. The first-order valence-corrected chi connectivity index (χ1v) is 3.75. The molecular weight excluding hydrogens is 128 g/mol. The van der Waals surface area contributed by atoms with E-state index in [1.54, 1.807) is 0 Å². The van der Waals surface area contributed by atoms with Gasteiger partial charge in [0.15, 0.2) is 0 Å². The van der Waals surface area contributed by atoms with Gasteiger partial charge in [0.1, 0.15) is 0 Å². The lowest BCUT2D eigenvalue weighted by atomic mass is 10.3. The molecule has 0 rings (SSSR count). The first kappa shape index (κ1) is 9.66. The van der Waals surface area contributed by atoms with Crippen LogP contribution < -0.4 is 0 Å². The highest BCUT2D eigenvalue weighted by molar-refractivity contribution is 4.79. The Morgan fingerprint density at radius 2 is 2.10 bits per heavy atom. The van der Waals surface area contributed by atoms with Crippen LogP contribution in [-0.2, 0) is 4.74 Å². The van der Waals surface area contributed by atoms with Crippen LogP contribution in [0.2, 0.25) is 0 Å². The van der Waals surface area contributed by atoms with Gasteiger partial charge in [0, 0.05) is 0 Å². The topological polar surface area (TPSA) is 29.5 Å². The largest absolute Gasteiger partial charge is 0.394 e. The van der Waals surface area contributed by atoms with Crippen LogP contribution in [0.25, 0.3) is 0 Å². The third-order valence-electron chi connectivity index (χ3n) is 1.07. The molecule has 0 aromatic carbocycles. The Hall–Kier alpha value is -0.340. The molecule has 0 heterocycles. The molecule has 0 spiro atoms. The Morgan fingerprint density at radius 1 is 1.30 bits per heavy atom. The summed E-state index contributed by atoms with van der Waals surface area (Å²) in [5.41, 5.74) is 0. The molecule has 0 amide bonds. The van der Waals surface area contributed by atoms with Crippen molar-refractivity contribution in [3.63, 3.8) is 0 Å². The average Bonchev–Trinajstić information content (AvgIpc) is 1.97. The fraction of sp³-hybridized carbons (Fsp3) is 0.750. The van der Waals surface area contributed by atoms with Gasteiger partial charge in [-0.05, 0) is 12.8 Å². The maximum atomic E-state index is 8.33. The molecule has 0 atom stereocenters. The lowest BCUT2D eigenvalue weighted by molar-refractivity contribution is 0.0955. The van der Waals surface area contributed by atoms with Crippen LogP contribution in [-0.4, -0.2) is 24.9 Å². The van der Waals surface area contributed by atoms with Gasteiger partial charge in [0.25, 0.3) is 0 Å². The summed E-state index contributed by atoms with van der Waals surface area (Å²) in [6.45, 7) is 3.40. The van der Waals surface area contributed by atoms with E-state index >= 15 is 0 Å². The van der Waals surface area contributed by atoms with Crippen molar-refractivity contribution in [1.29, 1.82) is 0 Å². The summed E-state index contributed by atoms with van der Waals surface area (Å²) >= 11 is 0. The van der Waals surface area contributed by atoms with Crippen molar-refractivity contribution in [3.05, 3.63) is 12.2 Å². The van der Waals surface area contributed by atoms with Crippen LogP contribution in [0.4, 0.5) is 0 Å². The molecule has 0 bridgehead atoms. The van der Waals surface area contributed by atoms with E-state index in [2.05, 4.69) is 19.1 Å². The molecule has 0 saturated carbocycles. The van der Waals surface area contributed by atoms with Crippen molar-refractivity contribution in [3.8, 4) is 0 Å². The third kappa shape index (κ3) is 7.66. The van der Waals surface area contributed by atoms with Gasteiger partial charge in [-0.2, -0.15) is 0 Å². The average molecular weight is 144 g/mol. The molecule has 60 valence electrons. The van der Waals surface area contributed by atoms with Crippen LogP contribution >= 0.6 is 0 Å². The summed E-state index contributed by atoms with van der Waals surface area (Å²) in [6, 6.07) is 0. The van der Waals surface area contributed by atoms with Crippen molar-refractivity contribution in [2.45, 2.75) is 19.8 Å². The predicted octanol–water partition coefficient (Wildman–Crippen LogP) is 1.35. The zero-order valence-corrected chi connectivity index (χ0v) is 6.55. The van der Waals surface area contributed by atoms with E-state index in [1.807, 2.05) is 0 Å². The van der Waals surface area contributed by atoms with E-state index in [-0.39, 0.29) is 6.61 Å². The Bertz CT molecular complexity index is 79.3. The monoisotopic (exact) mass is 144 g/mol. The van der Waals surface area contributed by atoms with Gasteiger partial charge in [-0.15, -0.1) is 0 Å². The van der Waals surface area contributed by atoms with Crippen LogP contribution in [0.1, 0.15) is 19.8 Å². The van der Waals surface area contributed by atoms with Gasteiger partial charge in [0.05, 0.1) is 19.8 Å². The number of aliphatic hydroxyl groups excluding tert-OH is 1. The van der Waals surface area contributed by atoms with E-state index in [9.17, 15) is 0 Å². The van der Waals surface area contributed by atoms with Crippen molar-refractivity contribution in [2.24, 2.45) is 0 Å². The SMILES string of the molecule is CCC=CCCOCCO. The molecule has 0 aliphatic heterocycles. The molecule has 10 heavy (non-hydrogen) atoms. The molecule has 0 aliphatic rings. The molecule has 0 radical (unpaired) electrons. The van der Waals surface area contributed by atoms with Crippen LogP contribution in [0.5, 0.6) is 0 Å². The Morgan fingerprint density at radius 3 is 2.70 bits per heavy atom. The van der Waals surface area contributed by atoms with Crippen LogP contribution in [0.3, 0.4) is 0 Å². The van der Waals surface area contributed by atoms with E-state index < -0.39 is 0 Å². The second-order valence-corrected chi connectivity index (χ2v) is 2.00. The summed E-state index contributed by atoms with van der Waals surface area (Å²) < 4.78 is 5.03. The highest BCUT2D eigenvalue weighted by Crippen LogP contribution is 1.86. The summed E-state index contributed by atoms with van der Waals surface area (Å²) in [5.74, 6) is 0. The van der Waals surface area contributed by atoms with E-state index in [4.69, 9.17) is 9.84 Å². The lowest BCUT2D eigenvalue weighted by Crippen LogP contribution is -1.99. The van der Waals surface area contributed by atoms with E-state index in [0.717, 1.165) is 19.4 Å². The zero-order chi connectivity index (χ0) is 7.66. The summed E-state index contributed by atoms with van der Waals surface area (Å²) in [4.78, 5) is 0. The van der Waals surface area contributed by atoms with Crippen molar-refractivity contribution in [1.82, 2.24) is 0 Å². The standard InChI is InChI=1S/C8H16O2/c1-2-3-4-5-7-10-8-6-9/h3-4,9H,2,5-8H2,1H3. The van der Waals surface area contributed by atoms with Crippen molar-refractivity contribution in [2.75, 3.05) is 19.8 Å². The Labute approximate surface area is 62.5 Å². The Kier molecular flexibility index (Phi) is 8.37. The molecule has 0 saturated heterocycles. The quantitative estimate of drug-likeness (QED) is 0.450. The van der Waals surface area contributed by atoms with Gasteiger partial charge >= 0.3 is 0 Å². The van der Waals surface area contributed by atoms with Gasteiger partial charge in [-0.1, -0.05) is 19.1 Å². The predicted molar refractivity (Wildman–Crippen MR) is 42.0 cm³/mol. The zero-order valence-electron chi connectivity index (χ0n) is 6.55. The molecule has 2 heteroatoms. The maximum absolute atomic E-state index is 8.33. The second kappa shape index (κ2) is 8.66. The number of aliphatic hydroxyl groups is 1. The molecule has 0 fully saturated rings. The summed E-state index contributed by atoms with van der Waals surface area (Å²) in [6.07, 6.45) is 6.24. The number of hydrogen-bond donors (Lipinski definition) is 1. The first-order chi connectivity index (χ1) is 4.91. The Balaban J connectivity index is 2.83. The van der Waals surface area contributed by atoms with Crippen LogP contribution in [0.15, 0.2) is 12.2 Å². The minimum Gasteiger partial charge on any atom is -0.394 e. The summed E-state index contributed by atoms with van der Waals surface area (Å²) in [7, 11) is 0. The molecule has 2 nitrogen and oxygen atoms in total. The van der Waals surface area contributed by atoms with Gasteiger partial charge in [-0.3, -0.25) is 0 Å². The summed E-state index contributed by atoms with van der Waals surface area (Å²) in [5, 5.41) is 8.33. The number of ether oxygens (including phenoxy) is 1. The van der Waals surface area contributed by atoms with Crippen molar-refractivity contribution < 1.29 is 9.84 Å². The normalized spacial score (nSPS) is 11.0. The smallest absolute Gasteiger partial charge is 0.0697 e. The van der Waals surface area contributed by atoms with Gasteiger partial charge in [0.2, 0.25) is 0 Å². The van der Waals surface area contributed by atoms with Gasteiger partial charge < -0.3 is 9.84 Å². The number of allylic oxidation sites excluding steroid dienone is 1. The molecule has 1 N–H and O–H groups in total. The maximum Gasteiger partial charge on any atom is 0.0697 e. The van der Waals surface area contributed by atoms with E-state index in [0.29, 0.717) is 6.61 Å². The minimum atomic E-state index is 0.123. The third-order valence-corrected chi connectivity index (χ3v) is 1.07. The highest BCUT2D eigenvalue weighted by atomic mass is 16.5. The minimum absolute atomic E-state index is 0.123.